The Morgan fingerprint density at radius 3 is 2.45 bits per heavy atom. The number of anilines is 2. The largest absolute Gasteiger partial charge is 0.497 e. The molecule has 4 rings (SSSR count). The van der Waals surface area contributed by atoms with Crippen LogP contribution in [-0.2, 0) is 19.5 Å². The summed E-state index contributed by atoms with van der Waals surface area (Å²) in [4.78, 5) is 11.7. The van der Waals surface area contributed by atoms with Gasteiger partial charge in [0.15, 0.2) is 11.5 Å². The number of hydrogen-bond acceptors (Lipinski definition) is 8. The minimum Gasteiger partial charge on any atom is -0.497 e. The molecule has 0 radical (unpaired) electrons. The van der Waals surface area contributed by atoms with Gasteiger partial charge in [-0.2, -0.15) is 0 Å². The first-order valence-corrected chi connectivity index (χ1v) is 11.0. The highest BCUT2D eigenvalue weighted by atomic mass is 16.5. The summed E-state index contributed by atoms with van der Waals surface area (Å²) in [6.07, 6.45) is 2.77. The van der Waals surface area contributed by atoms with Crippen molar-refractivity contribution in [2.24, 2.45) is 0 Å². The van der Waals surface area contributed by atoms with E-state index in [9.17, 15) is 0 Å². The molecule has 0 amide bonds. The summed E-state index contributed by atoms with van der Waals surface area (Å²) in [5, 5.41) is 3.26. The first kappa shape index (κ1) is 22.7. The maximum atomic E-state index is 5.62. The molecule has 0 bridgehead atoms. The van der Waals surface area contributed by atoms with Gasteiger partial charge in [0, 0.05) is 61.7 Å². The third-order valence-electron chi connectivity index (χ3n) is 5.55. The van der Waals surface area contributed by atoms with Gasteiger partial charge in [-0.1, -0.05) is 6.07 Å². The van der Waals surface area contributed by atoms with Crippen molar-refractivity contribution in [3.63, 3.8) is 0 Å². The van der Waals surface area contributed by atoms with E-state index < -0.39 is 0 Å². The molecule has 33 heavy (non-hydrogen) atoms. The van der Waals surface area contributed by atoms with Crippen LogP contribution in [0.3, 0.4) is 0 Å². The Morgan fingerprint density at radius 2 is 1.76 bits per heavy atom. The van der Waals surface area contributed by atoms with Crippen molar-refractivity contribution in [1.29, 1.82) is 0 Å². The van der Waals surface area contributed by atoms with E-state index in [2.05, 4.69) is 21.3 Å². The van der Waals surface area contributed by atoms with Crippen molar-refractivity contribution in [2.45, 2.75) is 26.4 Å². The van der Waals surface area contributed by atoms with Crippen molar-refractivity contribution in [2.75, 3.05) is 39.8 Å². The van der Waals surface area contributed by atoms with Crippen LogP contribution in [0.2, 0.25) is 0 Å². The van der Waals surface area contributed by atoms with Gasteiger partial charge < -0.3 is 24.3 Å². The Labute approximate surface area is 194 Å². The maximum Gasteiger partial charge on any atom is 0.227 e. The monoisotopic (exact) mass is 450 g/mol. The molecular weight excluding hydrogens is 420 g/mol. The first-order chi connectivity index (χ1) is 16.1. The second kappa shape index (κ2) is 10.4. The van der Waals surface area contributed by atoms with E-state index in [1.807, 2.05) is 43.5 Å². The SMILES string of the molecule is CCOc1ccc(CN2CCc3nc(Nc4cc(OC)cc(OC)c4)ncc3C2)cc1OC. The normalized spacial score (nSPS) is 13.2. The van der Waals surface area contributed by atoms with Gasteiger partial charge in [0.2, 0.25) is 5.95 Å². The van der Waals surface area contributed by atoms with Crippen molar-refractivity contribution in [3.05, 3.63) is 59.4 Å². The average Bonchev–Trinajstić information content (AvgIpc) is 2.84. The van der Waals surface area contributed by atoms with Crippen molar-refractivity contribution >= 4 is 11.6 Å². The van der Waals surface area contributed by atoms with Gasteiger partial charge in [0.1, 0.15) is 11.5 Å². The van der Waals surface area contributed by atoms with E-state index >= 15 is 0 Å². The minimum atomic E-state index is 0.564. The van der Waals surface area contributed by atoms with Gasteiger partial charge in [-0.25, -0.2) is 9.97 Å². The Bertz CT molecular complexity index is 1080. The first-order valence-electron chi connectivity index (χ1n) is 11.0. The van der Waals surface area contributed by atoms with Crippen LogP contribution in [0.25, 0.3) is 0 Å². The molecule has 0 unspecified atom stereocenters. The third kappa shape index (κ3) is 5.46. The third-order valence-corrected chi connectivity index (χ3v) is 5.55. The number of nitrogens with zero attached hydrogens (tertiary/aromatic N) is 3. The number of hydrogen-bond donors (Lipinski definition) is 1. The number of nitrogens with one attached hydrogen (secondary N) is 1. The molecule has 0 saturated carbocycles. The molecule has 1 aromatic heterocycles. The zero-order chi connectivity index (χ0) is 23.2. The van der Waals surface area contributed by atoms with Crippen LogP contribution in [-0.4, -0.2) is 49.3 Å². The molecule has 8 heteroatoms. The highest BCUT2D eigenvalue weighted by Crippen LogP contribution is 2.30. The minimum absolute atomic E-state index is 0.564. The number of fused-ring (bicyclic) bond motifs is 1. The fourth-order valence-corrected chi connectivity index (χ4v) is 3.92. The summed E-state index contributed by atoms with van der Waals surface area (Å²) in [5.41, 5.74) is 4.22. The molecule has 0 saturated heterocycles. The molecule has 0 fully saturated rings. The van der Waals surface area contributed by atoms with Gasteiger partial charge in [0.25, 0.3) is 0 Å². The van der Waals surface area contributed by atoms with Crippen LogP contribution in [0.4, 0.5) is 11.6 Å². The molecule has 0 spiro atoms. The van der Waals surface area contributed by atoms with Crippen molar-refractivity contribution in [3.8, 4) is 23.0 Å². The summed E-state index contributed by atoms with van der Waals surface area (Å²) in [7, 11) is 4.93. The van der Waals surface area contributed by atoms with Crippen LogP contribution < -0.4 is 24.3 Å². The average molecular weight is 451 g/mol. The second-order valence-corrected chi connectivity index (χ2v) is 7.77. The predicted molar refractivity (Wildman–Crippen MR) is 127 cm³/mol. The Kier molecular flexibility index (Phi) is 7.14. The van der Waals surface area contributed by atoms with Gasteiger partial charge in [-0.05, 0) is 24.6 Å². The second-order valence-electron chi connectivity index (χ2n) is 7.77. The fraction of sp³-hybridized carbons (Fsp3) is 0.360. The predicted octanol–water partition coefficient (Wildman–Crippen LogP) is 4.20. The fourth-order valence-electron chi connectivity index (χ4n) is 3.92. The zero-order valence-corrected chi connectivity index (χ0v) is 19.6. The van der Waals surface area contributed by atoms with E-state index in [-0.39, 0.29) is 0 Å². The number of aromatic nitrogens is 2. The van der Waals surface area contributed by atoms with E-state index in [0.29, 0.717) is 24.1 Å². The molecule has 3 aromatic rings. The van der Waals surface area contributed by atoms with E-state index in [0.717, 1.165) is 54.5 Å². The quantitative estimate of drug-likeness (QED) is 0.520. The number of ether oxygens (including phenoxy) is 4. The standard InChI is InChI=1S/C25H30N4O4/c1-5-33-23-7-6-17(10-24(23)32-4)15-29-9-8-22-18(16-29)14-26-25(28-22)27-19-11-20(30-2)13-21(12-19)31-3/h6-7,10-14H,5,8-9,15-16H2,1-4H3,(H,26,27,28). The Balaban J connectivity index is 1.44. The van der Waals surface area contributed by atoms with E-state index in [4.69, 9.17) is 23.9 Å². The molecule has 1 aliphatic rings. The van der Waals surface area contributed by atoms with Crippen LogP contribution in [0.1, 0.15) is 23.7 Å². The van der Waals surface area contributed by atoms with Crippen LogP contribution >= 0.6 is 0 Å². The molecule has 0 atom stereocenters. The molecule has 8 nitrogen and oxygen atoms in total. The summed E-state index contributed by atoms with van der Waals surface area (Å²) < 4.78 is 21.8. The number of rotatable bonds is 9. The lowest BCUT2D eigenvalue weighted by atomic mass is 10.1. The summed E-state index contributed by atoms with van der Waals surface area (Å²) in [5.74, 6) is 3.51. The summed E-state index contributed by atoms with van der Waals surface area (Å²) >= 11 is 0. The lowest BCUT2D eigenvalue weighted by Crippen LogP contribution is -2.31. The Morgan fingerprint density at radius 1 is 0.970 bits per heavy atom. The lowest BCUT2D eigenvalue weighted by Gasteiger charge is -2.28. The molecule has 174 valence electrons. The lowest BCUT2D eigenvalue weighted by molar-refractivity contribution is 0.242. The van der Waals surface area contributed by atoms with Crippen molar-refractivity contribution in [1.82, 2.24) is 14.9 Å². The van der Waals surface area contributed by atoms with Crippen molar-refractivity contribution < 1.29 is 18.9 Å². The van der Waals surface area contributed by atoms with Crippen LogP contribution in [0.5, 0.6) is 23.0 Å². The highest BCUT2D eigenvalue weighted by molar-refractivity contribution is 5.59. The molecular formula is C25H30N4O4. The maximum absolute atomic E-state index is 5.62. The molecule has 2 aromatic carbocycles. The summed E-state index contributed by atoms with van der Waals surface area (Å²) in [6, 6.07) is 11.7. The van der Waals surface area contributed by atoms with E-state index in [1.54, 1.807) is 21.3 Å². The van der Waals surface area contributed by atoms with Gasteiger partial charge in [0.05, 0.1) is 33.6 Å². The molecule has 0 aliphatic carbocycles. The van der Waals surface area contributed by atoms with Crippen LogP contribution in [0, 0.1) is 0 Å². The molecule has 2 heterocycles. The smallest absolute Gasteiger partial charge is 0.227 e. The number of methoxy groups -OCH3 is 3. The van der Waals surface area contributed by atoms with Gasteiger partial charge in [-0.15, -0.1) is 0 Å². The van der Waals surface area contributed by atoms with Crippen LogP contribution in [0.15, 0.2) is 42.6 Å². The van der Waals surface area contributed by atoms with Gasteiger partial charge >= 0.3 is 0 Å². The number of benzene rings is 2. The molecule has 1 aliphatic heterocycles. The zero-order valence-electron chi connectivity index (χ0n) is 19.6. The summed E-state index contributed by atoms with van der Waals surface area (Å²) in [6.45, 7) is 5.13. The van der Waals surface area contributed by atoms with Gasteiger partial charge in [-0.3, -0.25) is 4.90 Å². The molecule has 1 N–H and O–H groups in total. The Hall–Kier alpha value is -3.52. The highest BCUT2D eigenvalue weighted by Gasteiger charge is 2.19. The van der Waals surface area contributed by atoms with E-state index in [1.165, 1.54) is 5.56 Å². The topological polar surface area (TPSA) is 78.0 Å².